The zero-order chi connectivity index (χ0) is 19.5. The molecule has 0 aromatic heterocycles. The molecule has 26 heavy (non-hydrogen) atoms. The maximum absolute atomic E-state index is 13.3. The Morgan fingerprint density at radius 1 is 1.27 bits per heavy atom. The van der Waals surface area contributed by atoms with Crippen LogP contribution in [0, 0.1) is 5.92 Å². The van der Waals surface area contributed by atoms with Gasteiger partial charge in [0, 0.05) is 6.26 Å². The van der Waals surface area contributed by atoms with Crippen molar-refractivity contribution in [3.63, 3.8) is 0 Å². The largest absolute Gasteiger partial charge is 0.465 e. The van der Waals surface area contributed by atoms with Crippen LogP contribution in [0.4, 0.5) is 13.2 Å². The number of rotatable bonds is 5. The van der Waals surface area contributed by atoms with E-state index in [0.717, 1.165) is 38.9 Å². The molecule has 8 heteroatoms. The van der Waals surface area contributed by atoms with Crippen molar-refractivity contribution in [2.45, 2.75) is 43.2 Å². The van der Waals surface area contributed by atoms with Crippen LogP contribution in [0.25, 0.3) is 5.57 Å². The van der Waals surface area contributed by atoms with E-state index in [1.54, 1.807) is 6.08 Å². The Balaban J connectivity index is 2.51. The SMILES string of the molecule is COC(=O)C(=CCC1CCCC1)c1ccc(S(C)(=O)=O)c(C(F)(F)F)c1. The molecule has 1 aromatic carbocycles. The average Bonchev–Trinajstić information content (AvgIpc) is 3.06. The topological polar surface area (TPSA) is 60.4 Å². The van der Waals surface area contributed by atoms with Crippen LogP contribution < -0.4 is 0 Å². The maximum atomic E-state index is 13.3. The maximum Gasteiger partial charge on any atom is 0.417 e. The summed E-state index contributed by atoms with van der Waals surface area (Å²) < 4.78 is 68.0. The Labute approximate surface area is 151 Å². The van der Waals surface area contributed by atoms with Gasteiger partial charge in [-0.05, 0) is 30.0 Å². The monoisotopic (exact) mass is 390 g/mol. The molecule has 1 aliphatic rings. The summed E-state index contributed by atoms with van der Waals surface area (Å²) in [5.74, 6) is -0.352. The van der Waals surface area contributed by atoms with E-state index in [-0.39, 0.29) is 11.1 Å². The predicted octanol–water partition coefficient (Wildman–Crippen LogP) is 4.25. The van der Waals surface area contributed by atoms with Crippen LogP contribution in [-0.2, 0) is 25.5 Å². The van der Waals surface area contributed by atoms with E-state index in [1.807, 2.05) is 0 Å². The smallest absolute Gasteiger partial charge is 0.417 e. The lowest BCUT2D eigenvalue weighted by molar-refractivity contribution is -0.140. The third-order valence-corrected chi connectivity index (χ3v) is 5.69. The molecule has 0 bridgehead atoms. The minimum Gasteiger partial charge on any atom is -0.465 e. The number of alkyl halides is 3. The highest BCUT2D eigenvalue weighted by molar-refractivity contribution is 7.90. The minimum atomic E-state index is -4.86. The normalized spacial score (nSPS) is 16.7. The van der Waals surface area contributed by atoms with Crippen LogP contribution in [0.5, 0.6) is 0 Å². The first-order valence-corrected chi connectivity index (χ1v) is 10.1. The highest BCUT2D eigenvalue weighted by Crippen LogP contribution is 2.36. The summed E-state index contributed by atoms with van der Waals surface area (Å²) in [4.78, 5) is 11.3. The van der Waals surface area contributed by atoms with Crippen molar-refractivity contribution in [1.82, 2.24) is 0 Å². The second-order valence-electron chi connectivity index (χ2n) is 6.48. The van der Waals surface area contributed by atoms with E-state index < -0.39 is 32.4 Å². The summed E-state index contributed by atoms with van der Waals surface area (Å²) in [5, 5.41) is 0. The average molecular weight is 390 g/mol. The van der Waals surface area contributed by atoms with E-state index in [0.29, 0.717) is 24.7 Å². The summed E-state index contributed by atoms with van der Waals surface area (Å²) in [7, 11) is -2.91. The van der Waals surface area contributed by atoms with E-state index in [9.17, 15) is 26.4 Å². The number of hydrogen-bond acceptors (Lipinski definition) is 4. The number of methoxy groups -OCH3 is 1. The fourth-order valence-electron chi connectivity index (χ4n) is 3.20. The van der Waals surface area contributed by atoms with Crippen molar-refractivity contribution in [2.24, 2.45) is 5.92 Å². The van der Waals surface area contributed by atoms with Gasteiger partial charge in [0.05, 0.1) is 23.1 Å². The number of carbonyl (C=O) groups is 1. The fraction of sp³-hybridized carbons (Fsp3) is 0.500. The number of sulfone groups is 1. The summed E-state index contributed by atoms with van der Waals surface area (Å²) in [6.45, 7) is 0. The minimum absolute atomic E-state index is 0.00503. The number of carbonyl (C=O) groups excluding carboxylic acids is 1. The first kappa shape index (κ1) is 20.5. The van der Waals surface area contributed by atoms with Gasteiger partial charge in [0.15, 0.2) is 9.84 Å². The van der Waals surface area contributed by atoms with Gasteiger partial charge < -0.3 is 4.74 Å². The molecule has 0 heterocycles. The zero-order valence-electron chi connectivity index (χ0n) is 14.6. The Bertz CT molecular complexity index is 804. The van der Waals surface area contributed by atoms with Crippen molar-refractivity contribution in [2.75, 3.05) is 13.4 Å². The van der Waals surface area contributed by atoms with Crippen LogP contribution in [0.1, 0.15) is 43.2 Å². The first-order valence-electron chi connectivity index (χ1n) is 8.24. The molecule has 4 nitrogen and oxygen atoms in total. The standard InChI is InChI=1S/C18H21F3O4S/c1-25-17(22)14(9-7-12-5-3-4-6-12)13-8-10-16(26(2,23)24)15(11-13)18(19,20)21/h8-12H,3-7H2,1-2H3. The second-order valence-corrected chi connectivity index (χ2v) is 8.46. The molecule has 2 rings (SSSR count). The Hall–Kier alpha value is -1.83. The van der Waals surface area contributed by atoms with Crippen LogP contribution in [0.15, 0.2) is 29.2 Å². The molecule has 1 fully saturated rings. The van der Waals surface area contributed by atoms with E-state index >= 15 is 0 Å². The second kappa shape index (κ2) is 7.82. The van der Waals surface area contributed by atoms with Gasteiger partial charge in [0.25, 0.3) is 0 Å². The molecule has 0 radical (unpaired) electrons. The lowest BCUT2D eigenvalue weighted by Gasteiger charge is -2.15. The molecule has 0 aliphatic heterocycles. The van der Waals surface area contributed by atoms with Crippen molar-refractivity contribution in [3.05, 3.63) is 35.4 Å². The molecule has 1 saturated carbocycles. The van der Waals surface area contributed by atoms with Crippen LogP contribution in [0.3, 0.4) is 0 Å². The van der Waals surface area contributed by atoms with Gasteiger partial charge in [-0.1, -0.05) is 37.8 Å². The third-order valence-electron chi connectivity index (χ3n) is 4.53. The molecule has 0 atom stereocenters. The van der Waals surface area contributed by atoms with E-state index in [1.165, 1.54) is 6.07 Å². The first-order chi connectivity index (χ1) is 12.0. The number of hydrogen-bond donors (Lipinski definition) is 0. The number of ether oxygens (including phenoxy) is 1. The van der Waals surface area contributed by atoms with Gasteiger partial charge in [-0.2, -0.15) is 13.2 Å². The molecule has 0 spiro atoms. The van der Waals surface area contributed by atoms with Gasteiger partial charge in [-0.3, -0.25) is 0 Å². The summed E-state index contributed by atoms with van der Waals surface area (Å²) in [6.07, 6.45) is 2.27. The van der Waals surface area contributed by atoms with Crippen LogP contribution in [0.2, 0.25) is 0 Å². The Morgan fingerprint density at radius 3 is 2.38 bits per heavy atom. The molecule has 1 aliphatic carbocycles. The predicted molar refractivity (Wildman–Crippen MR) is 91.1 cm³/mol. The molecule has 144 valence electrons. The molecular formula is C18H21F3O4S. The Kier molecular flexibility index (Phi) is 6.16. The van der Waals surface area contributed by atoms with Gasteiger partial charge in [-0.15, -0.1) is 0 Å². The summed E-state index contributed by atoms with van der Waals surface area (Å²) in [6, 6.07) is 2.80. The van der Waals surface area contributed by atoms with Gasteiger partial charge >= 0.3 is 12.1 Å². The molecular weight excluding hydrogens is 369 g/mol. The number of halogens is 3. The van der Waals surface area contributed by atoms with Crippen molar-refractivity contribution >= 4 is 21.4 Å². The highest BCUT2D eigenvalue weighted by Gasteiger charge is 2.36. The molecule has 0 N–H and O–H groups in total. The highest BCUT2D eigenvalue weighted by atomic mass is 32.2. The number of allylic oxidation sites excluding steroid dienone is 1. The van der Waals surface area contributed by atoms with Gasteiger partial charge in [-0.25, -0.2) is 13.2 Å². The van der Waals surface area contributed by atoms with Crippen LogP contribution >= 0.6 is 0 Å². The molecule has 0 amide bonds. The Morgan fingerprint density at radius 2 is 1.88 bits per heavy atom. The van der Waals surface area contributed by atoms with Gasteiger partial charge in [0.2, 0.25) is 0 Å². The number of benzene rings is 1. The molecule has 0 unspecified atom stereocenters. The van der Waals surface area contributed by atoms with Crippen molar-refractivity contribution in [3.8, 4) is 0 Å². The summed E-state index contributed by atoms with van der Waals surface area (Å²) >= 11 is 0. The van der Waals surface area contributed by atoms with Crippen molar-refractivity contribution in [1.29, 1.82) is 0 Å². The zero-order valence-corrected chi connectivity index (χ0v) is 15.4. The van der Waals surface area contributed by atoms with Crippen LogP contribution in [-0.4, -0.2) is 27.8 Å². The molecule has 0 saturated heterocycles. The molecule has 1 aromatic rings. The summed E-state index contributed by atoms with van der Waals surface area (Å²) in [5.41, 5.74) is -1.27. The van der Waals surface area contributed by atoms with Gasteiger partial charge in [0.1, 0.15) is 0 Å². The lowest BCUT2D eigenvalue weighted by Crippen LogP contribution is -2.14. The quantitative estimate of drug-likeness (QED) is 0.557. The van der Waals surface area contributed by atoms with Crippen molar-refractivity contribution < 1.29 is 31.1 Å². The van der Waals surface area contributed by atoms with E-state index in [2.05, 4.69) is 0 Å². The lowest BCUT2D eigenvalue weighted by atomic mass is 9.97. The van der Waals surface area contributed by atoms with E-state index in [4.69, 9.17) is 4.74 Å². The fourth-order valence-corrected chi connectivity index (χ4v) is 4.09. The third kappa shape index (κ3) is 4.87. The number of esters is 1.